The molecule has 0 aliphatic rings. The lowest BCUT2D eigenvalue weighted by Gasteiger charge is -2.10. The fourth-order valence-corrected chi connectivity index (χ4v) is 1.91. The molecule has 0 aliphatic carbocycles. The Kier molecular flexibility index (Phi) is 8.16. The third kappa shape index (κ3) is 7.48. The zero-order valence-corrected chi connectivity index (χ0v) is 13.1. The molecule has 0 aliphatic heterocycles. The predicted octanol–water partition coefficient (Wildman–Crippen LogP) is 2.32. The Morgan fingerprint density at radius 3 is 2.33 bits per heavy atom. The molecule has 21 heavy (non-hydrogen) atoms. The van der Waals surface area contributed by atoms with Crippen LogP contribution in [0.4, 0.5) is 11.6 Å². The second kappa shape index (κ2) is 9.96. The summed E-state index contributed by atoms with van der Waals surface area (Å²) in [5.74, 6) is 2.33. The maximum atomic E-state index is 10.7. The van der Waals surface area contributed by atoms with Gasteiger partial charge in [-0.3, -0.25) is 4.79 Å². The number of anilines is 2. The van der Waals surface area contributed by atoms with Crippen LogP contribution in [0.2, 0.25) is 0 Å². The molecule has 0 spiro atoms. The molecule has 118 valence electrons. The van der Waals surface area contributed by atoms with Gasteiger partial charge in [-0.05, 0) is 25.7 Å². The summed E-state index contributed by atoms with van der Waals surface area (Å²) in [4.78, 5) is 19.7. The van der Waals surface area contributed by atoms with Gasteiger partial charge in [-0.2, -0.15) is 0 Å². The average Bonchev–Trinajstić information content (AvgIpc) is 2.44. The van der Waals surface area contributed by atoms with Crippen LogP contribution in [0.5, 0.6) is 0 Å². The Balaban J connectivity index is 2.53. The number of unbranched alkanes of at least 4 members (excludes halogenated alkanes) is 1. The highest BCUT2D eigenvalue weighted by Gasteiger charge is 2.04. The van der Waals surface area contributed by atoms with E-state index in [4.69, 9.17) is 5.73 Å². The number of hydrogen-bond acceptors (Lipinski definition) is 5. The van der Waals surface area contributed by atoms with E-state index in [9.17, 15) is 4.79 Å². The number of aromatic nitrogens is 2. The SMILES string of the molecule is CCCNc1cc(NCCCCC(N)=O)nc(CCC)n1. The van der Waals surface area contributed by atoms with Crippen molar-refractivity contribution in [1.29, 1.82) is 0 Å². The molecular weight excluding hydrogens is 266 g/mol. The molecule has 0 atom stereocenters. The van der Waals surface area contributed by atoms with Gasteiger partial charge in [0.15, 0.2) is 0 Å². The smallest absolute Gasteiger partial charge is 0.217 e. The van der Waals surface area contributed by atoms with Crippen LogP contribution in [0.1, 0.15) is 51.8 Å². The standard InChI is InChI=1S/C15H27N5O/c1-3-7-13-19-14(17-9-4-2)11-15(20-13)18-10-6-5-8-12(16)21/h11H,3-10H2,1-2H3,(H2,16,21)(H2,17,18,19,20). The minimum atomic E-state index is -0.242. The fourth-order valence-electron chi connectivity index (χ4n) is 1.91. The number of rotatable bonds is 11. The summed E-state index contributed by atoms with van der Waals surface area (Å²) >= 11 is 0. The van der Waals surface area contributed by atoms with Crippen LogP contribution < -0.4 is 16.4 Å². The van der Waals surface area contributed by atoms with Crippen LogP contribution in [0, 0.1) is 0 Å². The van der Waals surface area contributed by atoms with Gasteiger partial charge in [0, 0.05) is 32.0 Å². The number of amides is 1. The molecule has 1 amide bonds. The van der Waals surface area contributed by atoms with E-state index in [-0.39, 0.29) is 5.91 Å². The lowest BCUT2D eigenvalue weighted by Crippen LogP contribution is -2.12. The van der Waals surface area contributed by atoms with Crippen molar-refractivity contribution >= 4 is 17.5 Å². The maximum absolute atomic E-state index is 10.7. The van der Waals surface area contributed by atoms with Gasteiger partial charge in [0.25, 0.3) is 0 Å². The van der Waals surface area contributed by atoms with Crippen molar-refractivity contribution in [2.75, 3.05) is 23.7 Å². The number of nitrogens with one attached hydrogen (secondary N) is 2. The Hall–Kier alpha value is -1.85. The van der Waals surface area contributed by atoms with Gasteiger partial charge in [0.05, 0.1) is 0 Å². The van der Waals surface area contributed by atoms with Gasteiger partial charge in [0.1, 0.15) is 17.5 Å². The van der Waals surface area contributed by atoms with Crippen LogP contribution >= 0.6 is 0 Å². The van der Waals surface area contributed by atoms with Crippen molar-refractivity contribution in [3.05, 3.63) is 11.9 Å². The first-order chi connectivity index (χ1) is 10.2. The maximum Gasteiger partial charge on any atom is 0.217 e. The van der Waals surface area contributed by atoms with Gasteiger partial charge < -0.3 is 16.4 Å². The first kappa shape index (κ1) is 17.2. The van der Waals surface area contributed by atoms with Crippen LogP contribution in [0.15, 0.2) is 6.07 Å². The summed E-state index contributed by atoms with van der Waals surface area (Å²) in [6.45, 7) is 5.93. The van der Waals surface area contributed by atoms with E-state index in [1.54, 1.807) is 0 Å². The van der Waals surface area contributed by atoms with E-state index in [0.29, 0.717) is 6.42 Å². The zero-order valence-electron chi connectivity index (χ0n) is 13.1. The second-order valence-electron chi connectivity index (χ2n) is 5.08. The van der Waals surface area contributed by atoms with Gasteiger partial charge in [0.2, 0.25) is 5.91 Å². The molecule has 0 saturated carbocycles. The third-order valence-corrected chi connectivity index (χ3v) is 2.96. The Morgan fingerprint density at radius 2 is 1.76 bits per heavy atom. The Bertz CT molecular complexity index is 436. The molecule has 0 unspecified atom stereocenters. The second-order valence-corrected chi connectivity index (χ2v) is 5.08. The first-order valence-electron chi connectivity index (χ1n) is 7.79. The summed E-state index contributed by atoms with van der Waals surface area (Å²) < 4.78 is 0. The monoisotopic (exact) mass is 293 g/mol. The highest BCUT2D eigenvalue weighted by atomic mass is 16.1. The van der Waals surface area contributed by atoms with Crippen molar-refractivity contribution in [3.63, 3.8) is 0 Å². The summed E-state index contributed by atoms with van der Waals surface area (Å²) in [6, 6.07) is 1.93. The van der Waals surface area contributed by atoms with Crippen molar-refractivity contribution in [2.45, 2.75) is 52.4 Å². The van der Waals surface area contributed by atoms with E-state index >= 15 is 0 Å². The molecule has 0 saturated heterocycles. The van der Waals surface area contributed by atoms with Crippen LogP contribution in [0.3, 0.4) is 0 Å². The third-order valence-electron chi connectivity index (χ3n) is 2.96. The topological polar surface area (TPSA) is 92.9 Å². The highest BCUT2D eigenvalue weighted by Crippen LogP contribution is 2.13. The number of carbonyl (C=O) groups is 1. The average molecular weight is 293 g/mol. The number of hydrogen-bond donors (Lipinski definition) is 3. The molecule has 1 aromatic heterocycles. The lowest BCUT2D eigenvalue weighted by molar-refractivity contribution is -0.118. The van der Waals surface area contributed by atoms with Crippen molar-refractivity contribution in [3.8, 4) is 0 Å². The molecule has 6 nitrogen and oxygen atoms in total. The van der Waals surface area contributed by atoms with E-state index in [0.717, 1.165) is 62.7 Å². The van der Waals surface area contributed by atoms with E-state index in [1.807, 2.05) is 6.07 Å². The Morgan fingerprint density at radius 1 is 1.10 bits per heavy atom. The molecular formula is C15H27N5O. The molecule has 0 aromatic carbocycles. The van der Waals surface area contributed by atoms with Gasteiger partial charge >= 0.3 is 0 Å². The van der Waals surface area contributed by atoms with Crippen LogP contribution in [0.25, 0.3) is 0 Å². The molecule has 4 N–H and O–H groups in total. The molecule has 0 fully saturated rings. The number of primary amides is 1. The summed E-state index contributed by atoms with van der Waals surface area (Å²) in [5.41, 5.74) is 5.12. The lowest BCUT2D eigenvalue weighted by atomic mass is 10.2. The van der Waals surface area contributed by atoms with E-state index in [2.05, 4.69) is 34.4 Å². The van der Waals surface area contributed by atoms with Gasteiger partial charge in [-0.1, -0.05) is 13.8 Å². The van der Waals surface area contributed by atoms with Crippen molar-refractivity contribution in [2.24, 2.45) is 5.73 Å². The first-order valence-corrected chi connectivity index (χ1v) is 7.79. The quantitative estimate of drug-likeness (QED) is 0.544. The molecule has 6 heteroatoms. The molecule has 1 rings (SSSR count). The van der Waals surface area contributed by atoms with E-state index < -0.39 is 0 Å². The van der Waals surface area contributed by atoms with Gasteiger partial charge in [-0.25, -0.2) is 9.97 Å². The molecule has 0 bridgehead atoms. The minimum absolute atomic E-state index is 0.242. The van der Waals surface area contributed by atoms with Crippen molar-refractivity contribution < 1.29 is 4.79 Å². The molecule has 0 radical (unpaired) electrons. The molecule has 1 heterocycles. The Labute approximate surface area is 126 Å². The summed E-state index contributed by atoms with van der Waals surface area (Å²) in [6.07, 6.45) is 5.09. The minimum Gasteiger partial charge on any atom is -0.370 e. The summed E-state index contributed by atoms with van der Waals surface area (Å²) in [7, 11) is 0. The predicted molar refractivity (Wildman–Crippen MR) is 86.3 cm³/mol. The van der Waals surface area contributed by atoms with Crippen LogP contribution in [-0.2, 0) is 11.2 Å². The zero-order chi connectivity index (χ0) is 15.5. The largest absolute Gasteiger partial charge is 0.370 e. The van der Waals surface area contributed by atoms with E-state index in [1.165, 1.54) is 0 Å². The normalized spacial score (nSPS) is 10.4. The highest BCUT2D eigenvalue weighted by molar-refractivity contribution is 5.73. The number of nitrogens with zero attached hydrogens (tertiary/aromatic N) is 2. The molecule has 1 aromatic rings. The van der Waals surface area contributed by atoms with Crippen molar-refractivity contribution in [1.82, 2.24) is 9.97 Å². The van der Waals surface area contributed by atoms with Crippen LogP contribution in [-0.4, -0.2) is 29.0 Å². The number of aryl methyl sites for hydroxylation is 1. The number of nitrogens with two attached hydrogens (primary N) is 1. The fraction of sp³-hybridized carbons (Fsp3) is 0.667. The summed E-state index contributed by atoms with van der Waals surface area (Å²) in [5, 5.41) is 6.59. The number of carbonyl (C=O) groups excluding carboxylic acids is 1. The van der Waals surface area contributed by atoms with Gasteiger partial charge in [-0.15, -0.1) is 0 Å².